The van der Waals surface area contributed by atoms with E-state index in [2.05, 4.69) is 37.4 Å². The summed E-state index contributed by atoms with van der Waals surface area (Å²) in [5.41, 5.74) is 0.958. The van der Waals surface area contributed by atoms with Crippen LogP contribution in [0.1, 0.15) is 23.9 Å². The predicted molar refractivity (Wildman–Crippen MR) is 111 cm³/mol. The van der Waals surface area contributed by atoms with Gasteiger partial charge in [-0.15, -0.1) is 0 Å². The van der Waals surface area contributed by atoms with E-state index >= 15 is 0 Å². The van der Waals surface area contributed by atoms with Crippen LogP contribution < -0.4 is 10.6 Å². The van der Waals surface area contributed by atoms with E-state index in [1.54, 1.807) is 29.3 Å². The van der Waals surface area contributed by atoms with Crippen LogP contribution in [0.25, 0.3) is 11.2 Å². The van der Waals surface area contributed by atoms with Gasteiger partial charge in [0, 0.05) is 31.0 Å². The topological polar surface area (TPSA) is 125 Å². The third kappa shape index (κ3) is 2.56. The SMILES string of the molecule is CNC(=O)C12CC1[C@@H](n1cnc3c(NC)nc(C#Cc4ccsc4)nc31)[C@H](O)[C@@H]2O. The largest absolute Gasteiger partial charge is 0.389 e. The molecule has 5 rings (SSSR count). The summed E-state index contributed by atoms with van der Waals surface area (Å²) in [6, 6.07) is 1.40. The Hall–Kier alpha value is -3.00. The Balaban J connectivity index is 1.59. The summed E-state index contributed by atoms with van der Waals surface area (Å²) in [6.07, 6.45) is -0.167. The van der Waals surface area contributed by atoms with E-state index in [4.69, 9.17) is 0 Å². The first-order chi connectivity index (χ1) is 14.5. The Morgan fingerprint density at radius 1 is 1.33 bits per heavy atom. The maximum Gasteiger partial charge on any atom is 0.229 e. The molecule has 10 heteroatoms. The predicted octanol–water partition coefficient (Wildman–Crippen LogP) is 0.358. The fraction of sp³-hybridized carbons (Fsp3) is 0.400. The number of aromatic nitrogens is 4. The second kappa shape index (κ2) is 6.77. The zero-order chi connectivity index (χ0) is 21.0. The number of hydrogen-bond donors (Lipinski definition) is 4. The molecule has 0 saturated heterocycles. The molecule has 0 radical (unpaired) electrons. The van der Waals surface area contributed by atoms with Crippen molar-refractivity contribution in [3.05, 3.63) is 34.5 Å². The van der Waals surface area contributed by atoms with Crippen molar-refractivity contribution in [3.8, 4) is 11.8 Å². The molecule has 1 amide bonds. The lowest BCUT2D eigenvalue weighted by Crippen LogP contribution is -2.41. The number of nitrogens with one attached hydrogen (secondary N) is 2. The lowest BCUT2D eigenvalue weighted by molar-refractivity contribution is -0.132. The van der Waals surface area contributed by atoms with E-state index in [9.17, 15) is 15.0 Å². The number of fused-ring (bicyclic) bond motifs is 2. The highest BCUT2D eigenvalue weighted by Crippen LogP contribution is 2.67. The Kier molecular flexibility index (Phi) is 4.28. The molecule has 30 heavy (non-hydrogen) atoms. The molecule has 3 aromatic heterocycles. The third-order valence-corrected chi connectivity index (χ3v) is 6.82. The van der Waals surface area contributed by atoms with Gasteiger partial charge in [0.1, 0.15) is 6.10 Å². The van der Waals surface area contributed by atoms with Crippen LogP contribution in [0.5, 0.6) is 0 Å². The quantitative estimate of drug-likeness (QED) is 0.447. The number of aliphatic hydroxyl groups excluding tert-OH is 2. The zero-order valence-electron chi connectivity index (χ0n) is 16.3. The summed E-state index contributed by atoms with van der Waals surface area (Å²) in [5.74, 6) is 6.40. The highest BCUT2D eigenvalue weighted by atomic mass is 32.1. The first-order valence-corrected chi connectivity index (χ1v) is 10.5. The number of hydrogen-bond acceptors (Lipinski definition) is 8. The van der Waals surface area contributed by atoms with E-state index in [0.717, 1.165) is 5.56 Å². The number of amides is 1. The summed E-state index contributed by atoms with van der Waals surface area (Å²) in [4.78, 5) is 25.8. The molecule has 2 aliphatic carbocycles. The molecule has 0 aliphatic heterocycles. The fourth-order valence-corrected chi connectivity index (χ4v) is 5.20. The zero-order valence-corrected chi connectivity index (χ0v) is 17.1. The minimum absolute atomic E-state index is 0.201. The minimum atomic E-state index is -1.15. The summed E-state index contributed by atoms with van der Waals surface area (Å²) >= 11 is 1.56. The van der Waals surface area contributed by atoms with E-state index in [1.165, 1.54) is 7.05 Å². The first kappa shape index (κ1) is 19.0. The Morgan fingerprint density at radius 2 is 2.17 bits per heavy atom. The summed E-state index contributed by atoms with van der Waals surface area (Å²) in [6.45, 7) is 0. The van der Waals surface area contributed by atoms with Crippen molar-refractivity contribution in [3.63, 3.8) is 0 Å². The van der Waals surface area contributed by atoms with E-state index in [1.807, 2.05) is 16.8 Å². The second-order valence-electron chi connectivity index (χ2n) is 7.59. The van der Waals surface area contributed by atoms with E-state index in [0.29, 0.717) is 29.2 Å². The number of carbonyl (C=O) groups is 1. The lowest BCUT2D eigenvalue weighted by atomic mass is 9.98. The van der Waals surface area contributed by atoms with Crippen LogP contribution in [-0.4, -0.2) is 61.9 Å². The van der Waals surface area contributed by atoms with Crippen molar-refractivity contribution < 1.29 is 15.0 Å². The van der Waals surface area contributed by atoms with Gasteiger partial charge in [0.25, 0.3) is 0 Å². The molecule has 0 spiro atoms. The number of aliphatic hydroxyl groups is 2. The second-order valence-corrected chi connectivity index (χ2v) is 8.37. The number of thiophene rings is 1. The molecule has 0 bridgehead atoms. The molecule has 9 nitrogen and oxygen atoms in total. The van der Waals surface area contributed by atoms with Gasteiger partial charge in [0.2, 0.25) is 11.7 Å². The van der Waals surface area contributed by atoms with Crippen LogP contribution in [0.3, 0.4) is 0 Å². The van der Waals surface area contributed by atoms with Gasteiger partial charge in [-0.05, 0) is 23.8 Å². The smallest absolute Gasteiger partial charge is 0.229 e. The van der Waals surface area contributed by atoms with Crippen LogP contribution in [0, 0.1) is 23.2 Å². The van der Waals surface area contributed by atoms with Crippen molar-refractivity contribution in [2.45, 2.75) is 24.7 Å². The van der Waals surface area contributed by atoms with Gasteiger partial charge in [0.15, 0.2) is 17.0 Å². The van der Waals surface area contributed by atoms with E-state index < -0.39 is 23.7 Å². The van der Waals surface area contributed by atoms with Crippen LogP contribution in [-0.2, 0) is 4.79 Å². The molecule has 2 unspecified atom stereocenters. The van der Waals surface area contributed by atoms with Crippen LogP contribution >= 0.6 is 11.3 Å². The van der Waals surface area contributed by atoms with Crippen molar-refractivity contribution >= 4 is 34.2 Å². The summed E-state index contributed by atoms with van der Waals surface area (Å²) < 4.78 is 1.74. The van der Waals surface area contributed by atoms with Gasteiger partial charge < -0.3 is 25.4 Å². The maximum absolute atomic E-state index is 12.4. The Labute approximate surface area is 176 Å². The van der Waals surface area contributed by atoms with E-state index in [-0.39, 0.29) is 11.8 Å². The molecular weight excluding hydrogens is 404 g/mol. The monoisotopic (exact) mass is 424 g/mol. The Morgan fingerprint density at radius 3 is 2.87 bits per heavy atom. The third-order valence-electron chi connectivity index (χ3n) is 6.14. The Bertz CT molecular complexity index is 1200. The van der Waals surface area contributed by atoms with Gasteiger partial charge in [-0.1, -0.05) is 5.92 Å². The number of rotatable bonds is 3. The molecule has 154 valence electrons. The number of anilines is 1. The normalized spacial score (nSPS) is 29.2. The van der Waals surface area contributed by atoms with Gasteiger partial charge in [-0.3, -0.25) is 4.79 Å². The number of imidazole rings is 1. The van der Waals surface area contributed by atoms with Gasteiger partial charge >= 0.3 is 0 Å². The van der Waals surface area contributed by atoms with Crippen LogP contribution in [0.4, 0.5) is 5.82 Å². The summed E-state index contributed by atoms with van der Waals surface area (Å²) in [7, 11) is 3.28. The molecule has 0 aromatic carbocycles. The number of nitrogens with zero attached hydrogens (tertiary/aromatic N) is 4. The first-order valence-electron chi connectivity index (χ1n) is 9.56. The molecule has 4 N–H and O–H groups in total. The highest BCUT2D eigenvalue weighted by Gasteiger charge is 2.75. The van der Waals surface area contributed by atoms with Crippen LogP contribution in [0.15, 0.2) is 23.2 Å². The molecule has 5 atom stereocenters. The standard InChI is InChI=1S/C20H20N6O3S/c1-21-17-13-18(25-12(24-17)4-3-10-5-6-30-8-10)26(9-23-13)14-11-7-20(11,19(29)22-2)16(28)15(14)27/h5-6,8-9,11,14-16,27-28H,7H2,1-2H3,(H,22,29)(H,21,24,25)/t11?,14-,15+,16+,20?/m1/s1. The maximum atomic E-state index is 12.4. The fourth-order valence-electron chi connectivity index (χ4n) is 4.62. The van der Waals surface area contributed by atoms with Crippen molar-refractivity contribution in [1.82, 2.24) is 24.8 Å². The molecule has 3 heterocycles. The van der Waals surface area contributed by atoms with Crippen molar-refractivity contribution in [2.24, 2.45) is 11.3 Å². The molecule has 2 aliphatic rings. The molecule has 2 saturated carbocycles. The molecule has 3 aromatic rings. The summed E-state index contributed by atoms with van der Waals surface area (Å²) in [5, 5.41) is 30.9. The minimum Gasteiger partial charge on any atom is -0.389 e. The van der Waals surface area contributed by atoms with Gasteiger partial charge in [0.05, 0.1) is 23.9 Å². The van der Waals surface area contributed by atoms with Crippen LogP contribution in [0.2, 0.25) is 0 Å². The van der Waals surface area contributed by atoms with Gasteiger partial charge in [-0.25, -0.2) is 15.0 Å². The average molecular weight is 424 g/mol. The molecular formula is C20H20N6O3S. The molecule has 2 fully saturated rings. The average Bonchev–Trinajstić information content (AvgIpc) is 3.06. The van der Waals surface area contributed by atoms with Crippen molar-refractivity contribution in [2.75, 3.05) is 19.4 Å². The van der Waals surface area contributed by atoms with Gasteiger partial charge in [-0.2, -0.15) is 11.3 Å². The van der Waals surface area contributed by atoms with Crippen molar-refractivity contribution in [1.29, 1.82) is 0 Å². The lowest BCUT2D eigenvalue weighted by Gasteiger charge is -2.23. The number of carbonyl (C=O) groups excluding carboxylic acids is 1. The highest BCUT2D eigenvalue weighted by molar-refractivity contribution is 7.08.